The lowest BCUT2D eigenvalue weighted by Crippen LogP contribution is -2.46. The van der Waals surface area contributed by atoms with E-state index in [-0.39, 0.29) is 5.82 Å². The lowest BCUT2D eigenvalue weighted by molar-refractivity contribution is -0.178. The first-order valence-electron chi connectivity index (χ1n) is 3.35. The minimum absolute atomic E-state index is 0.284. The van der Waals surface area contributed by atoms with E-state index in [1.807, 2.05) is 0 Å². The number of rotatable bonds is 1. The highest BCUT2D eigenvalue weighted by Gasteiger charge is 2.60. The van der Waals surface area contributed by atoms with Crippen molar-refractivity contribution in [1.29, 1.82) is 0 Å². The molecule has 0 aromatic carbocycles. The summed E-state index contributed by atoms with van der Waals surface area (Å²) in [7, 11) is 0. The van der Waals surface area contributed by atoms with Crippen LogP contribution < -0.4 is 0 Å². The van der Waals surface area contributed by atoms with Crippen LogP contribution in [0.5, 0.6) is 0 Å². The summed E-state index contributed by atoms with van der Waals surface area (Å²) >= 11 is 0. The molecule has 1 aliphatic carbocycles. The number of nitrogens with zero attached hydrogens (tertiary/aromatic N) is 2. The summed E-state index contributed by atoms with van der Waals surface area (Å²) in [5, 5.41) is 3.18. The first-order valence-corrected chi connectivity index (χ1v) is 3.35. The molecule has 2 rings (SSSR count). The van der Waals surface area contributed by atoms with E-state index in [2.05, 4.69) is 14.7 Å². The standard InChI is InChI=1S/C6H5F3N2O/c7-5(1-6(8,9)2-5)4-10-3-12-11-4/h3H,1-2H2. The fourth-order valence-corrected chi connectivity index (χ4v) is 1.29. The molecule has 12 heavy (non-hydrogen) atoms. The lowest BCUT2D eigenvalue weighted by Gasteiger charge is -2.38. The summed E-state index contributed by atoms with van der Waals surface area (Å²) in [6, 6.07) is 0. The molecule has 1 aromatic heterocycles. The van der Waals surface area contributed by atoms with Gasteiger partial charge in [0.05, 0.1) is 12.8 Å². The largest absolute Gasteiger partial charge is 0.343 e. The van der Waals surface area contributed by atoms with Gasteiger partial charge in [-0.2, -0.15) is 4.98 Å². The SMILES string of the molecule is FC1(F)CC(F)(c2ncon2)C1. The van der Waals surface area contributed by atoms with Gasteiger partial charge in [0.25, 0.3) is 5.92 Å². The number of halogens is 3. The van der Waals surface area contributed by atoms with Crippen molar-refractivity contribution >= 4 is 0 Å². The molecule has 1 fully saturated rings. The van der Waals surface area contributed by atoms with E-state index in [1.54, 1.807) is 0 Å². The molecule has 0 N–H and O–H groups in total. The van der Waals surface area contributed by atoms with Crippen molar-refractivity contribution < 1.29 is 17.7 Å². The van der Waals surface area contributed by atoms with Crippen LogP contribution >= 0.6 is 0 Å². The van der Waals surface area contributed by atoms with E-state index in [0.717, 1.165) is 6.39 Å². The third kappa shape index (κ3) is 0.981. The van der Waals surface area contributed by atoms with Crippen molar-refractivity contribution in [2.75, 3.05) is 0 Å². The Morgan fingerprint density at radius 2 is 2.00 bits per heavy atom. The van der Waals surface area contributed by atoms with Crippen LogP contribution in [0.3, 0.4) is 0 Å². The summed E-state index contributed by atoms with van der Waals surface area (Å²) in [6.07, 6.45) is -0.772. The molecule has 1 aliphatic rings. The molecule has 0 bridgehead atoms. The van der Waals surface area contributed by atoms with Crippen LogP contribution in [0, 0.1) is 0 Å². The third-order valence-electron chi connectivity index (χ3n) is 1.84. The van der Waals surface area contributed by atoms with Gasteiger partial charge >= 0.3 is 0 Å². The fourth-order valence-electron chi connectivity index (χ4n) is 1.29. The molecule has 1 saturated carbocycles. The zero-order chi connectivity index (χ0) is 8.82. The minimum atomic E-state index is -2.92. The molecule has 6 heteroatoms. The van der Waals surface area contributed by atoms with Crippen LogP contribution in [0.2, 0.25) is 0 Å². The van der Waals surface area contributed by atoms with E-state index in [1.165, 1.54) is 0 Å². The lowest BCUT2D eigenvalue weighted by atomic mass is 9.78. The zero-order valence-electron chi connectivity index (χ0n) is 5.93. The molecule has 3 nitrogen and oxygen atoms in total. The summed E-state index contributed by atoms with van der Waals surface area (Å²) in [4.78, 5) is 3.39. The Kier molecular flexibility index (Phi) is 1.26. The highest BCUT2D eigenvalue weighted by Crippen LogP contribution is 2.53. The van der Waals surface area contributed by atoms with Crippen molar-refractivity contribution in [2.24, 2.45) is 0 Å². The average molecular weight is 178 g/mol. The molecule has 1 heterocycles. The average Bonchev–Trinajstić information content (AvgIpc) is 2.31. The van der Waals surface area contributed by atoms with Gasteiger partial charge in [-0.15, -0.1) is 0 Å². The van der Waals surface area contributed by atoms with Crippen molar-refractivity contribution in [3.8, 4) is 0 Å². The van der Waals surface area contributed by atoms with E-state index in [0.29, 0.717) is 0 Å². The van der Waals surface area contributed by atoms with Crippen molar-refractivity contribution in [1.82, 2.24) is 10.1 Å². The second-order valence-electron chi connectivity index (χ2n) is 2.93. The van der Waals surface area contributed by atoms with E-state index in [9.17, 15) is 13.2 Å². The Balaban J connectivity index is 2.18. The summed E-state index contributed by atoms with van der Waals surface area (Å²) < 4.78 is 42.2. The van der Waals surface area contributed by atoms with E-state index >= 15 is 0 Å². The van der Waals surface area contributed by atoms with Crippen LogP contribution in [0.4, 0.5) is 13.2 Å². The van der Waals surface area contributed by atoms with Gasteiger partial charge in [-0.3, -0.25) is 0 Å². The maximum atomic E-state index is 13.3. The van der Waals surface area contributed by atoms with E-state index < -0.39 is 24.4 Å². The molecule has 0 radical (unpaired) electrons. The predicted octanol–water partition coefficient (Wildman–Crippen LogP) is 1.66. The second kappa shape index (κ2) is 1.99. The topological polar surface area (TPSA) is 38.9 Å². The number of hydrogen-bond acceptors (Lipinski definition) is 3. The number of hydrogen-bond donors (Lipinski definition) is 0. The molecular weight excluding hydrogens is 173 g/mol. The normalized spacial score (nSPS) is 24.9. The van der Waals surface area contributed by atoms with Gasteiger partial charge in [0, 0.05) is 0 Å². The molecule has 0 saturated heterocycles. The van der Waals surface area contributed by atoms with Crippen LogP contribution in [-0.2, 0) is 5.67 Å². The fraction of sp³-hybridized carbons (Fsp3) is 0.667. The van der Waals surface area contributed by atoms with Gasteiger partial charge in [0.1, 0.15) is 0 Å². The van der Waals surface area contributed by atoms with Crippen LogP contribution in [0.1, 0.15) is 18.7 Å². The molecule has 0 spiro atoms. The first-order chi connectivity index (χ1) is 5.52. The Hall–Kier alpha value is -1.07. The van der Waals surface area contributed by atoms with Crippen molar-refractivity contribution in [2.45, 2.75) is 24.4 Å². The molecule has 66 valence electrons. The first kappa shape index (κ1) is 7.57. The number of aromatic nitrogens is 2. The maximum Gasteiger partial charge on any atom is 0.255 e. The smallest absolute Gasteiger partial charge is 0.255 e. The Morgan fingerprint density at radius 3 is 2.42 bits per heavy atom. The van der Waals surface area contributed by atoms with Crippen molar-refractivity contribution in [3.63, 3.8) is 0 Å². The quantitative estimate of drug-likeness (QED) is 0.656. The van der Waals surface area contributed by atoms with Crippen LogP contribution in [-0.4, -0.2) is 16.1 Å². The number of alkyl halides is 3. The predicted molar refractivity (Wildman–Crippen MR) is 31.3 cm³/mol. The molecule has 0 amide bonds. The highest BCUT2D eigenvalue weighted by molar-refractivity contribution is 5.10. The molecule has 1 aromatic rings. The van der Waals surface area contributed by atoms with Gasteiger partial charge in [0.15, 0.2) is 5.67 Å². The monoisotopic (exact) mass is 178 g/mol. The van der Waals surface area contributed by atoms with Gasteiger partial charge in [-0.25, -0.2) is 13.2 Å². The summed E-state index contributed by atoms with van der Waals surface area (Å²) in [5.74, 6) is -3.21. The third-order valence-corrected chi connectivity index (χ3v) is 1.84. The molecular formula is C6H5F3N2O. The van der Waals surface area contributed by atoms with Gasteiger partial charge in [-0.05, 0) is 0 Å². The van der Waals surface area contributed by atoms with Gasteiger partial charge < -0.3 is 4.52 Å². The molecule has 0 unspecified atom stereocenters. The summed E-state index contributed by atoms with van der Waals surface area (Å²) in [5.41, 5.74) is -2.09. The Morgan fingerprint density at radius 1 is 1.33 bits per heavy atom. The highest BCUT2D eigenvalue weighted by atomic mass is 19.3. The Bertz CT molecular complexity index is 277. The van der Waals surface area contributed by atoms with Crippen molar-refractivity contribution in [3.05, 3.63) is 12.2 Å². The molecule has 0 atom stereocenters. The van der Waals surface area contributed by atoms with Gasteiger partial charge in [0.2, 0.25) is 12.2 Å². The molecule has 0 aliphatic heterocycles. The second-order valence-corrected chi connectivity index (χ2v) is 2.93. The van der Waals surface area contributed by atoms with Gasteiger partial charge in [-0.1, -0.05) is 5.16 Å². The van der Waals surface area contributed by atoms with E-state index in [4.69, 9.17) is 0 Å². The Labute approximate surface area is 65.6 Å². The van der Waals surface area contributed by atoms with Crippen LogP contribution in [0.25, 0.3) is 0 Å². The maximum absolute atomic E-state index is 13.3. The van der Waals surface area contributed by atoms with Crippen LogP contribution in [0.15, 0.2) is 10.9 Å². The zero-order valence-corrected chi connectivity index (χ0v) is 5.93. The summed E-state index contributed by atoms with van der Waals surface area (Å²) in [6.45, 7) is 0. The minimum Gasteiger partial charge on any atom is -0.343 e.